The van der Waals surface area contributed by atoms with Gasteiger partial charge in [0.1, 0.15) is 13.2 Å². The van der Waals surface area contributed by atoms with Crippen LogP contribution in [0.2, 0.25) is 0 Å². The van der Waals surface area contributed by atoms with Gasteiger partial charge >= 0.3 is 18.0 Å². The second-order valence-electron chi connectivity index (χ2n) is 9.86. The van der Waals surface area contributed by atoms with Crippen LogP contribution >= 0.6 is 0 Å². The van der Waals surface area contributed by atoms with E-state index in [1.54, 1.807) is 30.4 Å². The number of para-hydroxylation sites is 1. The third kappa shape index (κ3) is 5.93. The molecule has 2 aliphatic heterocycles. The average Bonchev–Trinajstić information content (AvgIpc) is 2.98. The van der Waals surface area contributed by atoms with Crippen molar-refractivity contribution < 1.29 is 33.4 Å². The van der Waals surface area contributed by atoms with Crippen molar-refractivity contribution >= 4 is 35.7 Å². The quantitative estimate of drug-likeness (QED) is 0.209. The van der Waals surface area contributed by atoms with Crippen molar-refractivity contribution in [2.24, 2.45) is 11.3 Å². The van der Waals surface area contributed by atoms with Crippen LogP contribution in [0.15, 0.2) is 72.3 Å². The molecule has 9 heteroatoms. The first-order chi connectivity index (χ1) is 19.3. The lowest BCUT2D eigenvalue weighted by atomic mass is 9.61. The van der Waals surface area contributed by atoms with E-state index >= 15 is 0 Å². The van der Waals surface area contributed by atoms with E-state index in [9.17, 15) is 19.2 Å². The Balaban J connectivity index is 1.64. The molecule has 210 valence electrons. The summed E-state index contributed by atoms with van der Waals surface area (Å²) in [7, 11) is 1.25. The number of esters is 2. The fourth-order valence-corrected chi connectivity index (χ4v) is 5.55. The number of piperidine rings is 1. The van der Waals surface area contributed by atoms with Crippen LogP contribution in [-0.4, -0.2) is 55.1 Å². The maximum Gasteiger partial charge on any atom is 0.410 e. The van der Waals surface area contributed by atoms with Gasteiger partial charge in [0.15, 0.2) is 5.41 Å². The van der Waals surface area contributed by atoms with Crippen LogP contribution in [0.5, 0.6) is 0 Å². The molecule has 0 saturated carbocycles. The zero-order valence-corrected chi connectivity index (χ0v) is 22.9. The van der Waals surface area contributed by atoms with E-state index in [1.807, 2.05) is 43.3 Å². The zero-order valence-electron chi connectivity index (χ0n) is 22.9. The summed E-state index contributed by atoms with van der Waals surface area (Å²) in [5.41, 5.74) is 1.11. The summed E-state index contributed by atoms with van der Waals surface area (Å²) in [6.45, 7) is 3.75. The Morgan fingerprint density at radius 1 is 1.05 bits per heavy atom. The number of methoxy groups -OCH3 is 1. The summed E-state index contributed by atoms with van der Waals surface area (Å²) in [4.78, 5) is 53.6. The standard InChI is InChI=1S/C31H34N2O7/c1-4-24-17-23-18-31(29(36)38-3,27(24)33(19-23)30(37)40-20-22-11-6-5-7-12-22)28(35)32-26-15-9-8-13-25(26)14-10-16-39-21(2)34/h5-15,17,23,27H,4,16,18-20H2,1-3H3,(H,32,35)/b14-10-/t23-,27+,31+/m0/s1. The molecule has 1 saturated heterocycles. The van der Waals surface area contributed by atoms with Gasteiger partial charge in [-0.05, 0) is 47.6 Å². The van der Waals surface area contributed by atoms with Crippen molar-refractivity contribution in [2.75, 3.05) is 25.6 Å². The fourth-order valence-electron chi connectivity index (χ4n) is 5.55. The predicted molar refractivity (Wildman–Crippen MR) is 149 cm³/mol. The zero-order chi connectivity index (χ0) is 28.7. The molecule has 0 unspecified atom stereocenters. The van der Waals surface area contributed by atoms with E-state index < -0.39 is 35.4 Å². The third-order valence-electron chi connectivity index (χ3n) is 7.29. The van der Waals surface area contributed by atoms with Crippen molar-refractivity contribution in [2.45, 2.75) is 39.3 Å². The highest BCUT2D eigenvalue weighted by atomic mass is 16.6. The molecule has 0 aromatic heterocycles. The van der Waals surface area contributed by atoms with E-state index in [1.165, 1.54) is 18.9 Å². The molecule has 1 fully saturated rings. The van der Waals surface area contributed by atoms with Gasteiger partial charge in [-0.2, -0.15) is 0 Å². The van der Waals surface area contributed by atoms with E-state index in [0.29, 0.717) is 24.2 Å². The topological polar surface area (TPSA) is 111 Å². The summed E-state index contributed by atoms with van der Waals surface area (Å²) >= 11 is 0. The molecular weight excluding hydrogens is 512 g/mol. The number of amides is 2. The maximum absolute atomic E-state index is 14.1. The number of hydrogen-bond donors (Lipinski definition) is 1. The van der Waals surface area contributed by atoms with Gasteiger partial charge in [-0.3, -0.25) is 19.3 Å². The first kappa shape index (κ1) is 28.6. The minimum absolute atomic E-state index is 0.0726. The highest BCUT2D eigenvalue weighted by Gasteiger charge is 2.63. The lowest BCUT2D eigenvalue weighted by Crippen LogP contribution is -2.67. The van der Waals surface area contributed by atoms with E-state index in [4.69, 9.17) is 14.2 Å². The SMILES string of the molecule is CCC1=C[C@@H]2CN(C(=O)OCc3ccccc3)[C@H]1[C@](C(=O)Nc1ccccc1/C=C\COC(C)=O)(C(=O)OC)C2. The molecule has 2 bridgehead atoms. The van der Waals surface area contributed by atoms with Crippen molar-refractivity contribution in [1.29, 1.82) is 0 Å². The molecule has 9 nitrogen and oxygen atoms in total. The number of anilines is 1. The normalized spacial score (nSPS) is 21.5. The number of carbonyl (C=O) groups excluding carboxylic acids is 4. The highest BCUT2D eigenvalue weighted by molar-refractivity contribution is 6.11. The summed E-state index contributed by atoms with van der Waals surface area (Å²) in [6.07, 6.45) is 5.60. The monoisotopic (exact) mass is 546 g/mol. The molecule has 2 amide bonds. The smallest absolute Gasteiger partial charge is 0.410 e. The van der Waals surface area contributed by atoms with Crippen LogP contribution in [-0.2, 0) is 35.2 Å². The second-order valence-corrected chi connectivity index (χ2v) is 9.86. The highest BCUT2D eigenvalue weighted by Crippen LogP contribution is 2.49. The van der Waals surface area contributed by atoms with Gasteiger partial charge < -0.3 is 19.5 Å². The van der Waals surface area contributed by atoms with Crippen molar-refractivity contribution in [3.05, 3.63) is 83.4 Å². The molecule has 3 aliphatic rings. The average molecular weight is 547 g/mol. The Kier molecular flexibility index (Phi) is 9.04. The first-order valence-corrected chi connectivity index (χ1v) is 13.3. The maximum atomic E-state index is 14.1. The fraction of sp³-hybridized carbons (Fsp3) is 0.355. The van der Waals surface area contributed by atoms with E-state index in [-0.39, 0.29) is 25.6 Å². The number of carbonyl (C=O) groups is 4. The van der Waals surface area contributed by atoms with Crippen LogP contribution in [0, 0.1) is 11.3 Å². The number of nitrogens with one attached hydrogen (secondary N) is 1. The molecule has 0 spiro atoms. The van der Waals surface area contributed by atoms with E-state index in [2.05, 4.69) is 11.4 Å². The summed E-state index contributed by atoms with van der Waals surface area (Å²) in [5.74, 6) is -1.89. The lowest BCUT2D eigenvalue weighted by molar-refractivity contribution is -0.166. The Morgan fingerprint density at radius 3 is 2.48 bits per heavy atom. The van der Waals surface area contributed by atoms with Gasteiger partial charge in [-0.15, -0.1) is 0 Å². The molecular formula is C31H34N2O7. The van der Waals surface area contributed by atoms with Crippen molar-refractivity contribution in [1.82, 2.24) is 4.90 Å². The van der Waals surface area contributed by atoms with Crippen LogP contribution in [0.4, 0.5) is 10.5 Å². The molecule has 3 atom stereocenters. The lowest BCUT2D eigenvalue weighted by Gasteiger charge is -2.53. The summed E-state index contributed by atoms with van der Waals surface area (Å²) in [5, 5.41) is 2.93. The molecule has 1 N–H and O–H groups in total. The number of fused-ring (bicyclic) bond motifs is 2. The largest absolute Gasteiger partial charge is 0.468 e. The van der Waals surface area contributed by atoms with Crippen LogP contribution < -0.4 is 5.32 Å². The van der Waals surface area contributed by atoms with Gasteiger partial charge in [-0.25, -0.2) is 4.79 Å². The third-order valence-corrected chi connectivity index (χ3v) is 7.29. The molecule has 40 heavy (non-hydrogen) atoms. The van der Waals surface area contributed by atoms with Gasteiger partial charge in [0.2, 0.25) is 5.91 Å². The number of hydrogen-bond acceptors (Lipinski definition) is 7. The van der Waals surface area contributed by atoms with Gasteiger partial charge in [0.05, 0.1) is 13.2 Å². The number of nitrogens with zero attached hydrogens (tertiary/aromatic N) is 1. The summed E-state index contributed by atoms with van der Waals surface area (Å²) in [6, 6.07) is 15.5. The van der Waals surface area contributed by atoms with Crippen molar-refractivity contribution in [3.63, 3.8) is 0 Å². The molecule has 2 heterocycles. The van der Waals surface area contributed by atoms with Crippen LogP contribution in [0.25, 0.3) is 6.08 Å². The molecule has 0 radical (unpaired) electrons. The first-order valence-electron chi connectivity index (χ1n) is 13.3. The van der Waals surface area contributed by atoms with Crippen LogP contribution in [0.3, 0.4) is 0 Å². The van der Waals surface area contributed by atoms with Gasteiger partial charge in [0.25, 0.3) is 0 Å². The summed E-state index contributed by atoms with van der Waals surface area (Å²) < 4.78 is 15.8. The minimum Gasteiger partial charge on any atom is -0.468 e. The Hall–Kier alpha value is -4.40. The Labute approximate surface area is 233 Å². The van der Waals surface area contributed by atoms with Crippen molar-refractivity contribution in [3.8, 4) is 0 Å². The molecule has 2 aromatic carbocycles. The minimum atomic E-state index is -1.67. The molecule has 2 aromatic rings. The van der Waals surface area contributed by atoms with Gasteiger partial charge in [0, 0.05) is 19.2 Å². The molecule has 5 rings (SSSR count). The number of rotatable bonds is 9. The Morgan fingerprint density at radius 2 is 1.77 bits per heavy atom. The molecule has 1 aliphatic carbocycles. The predicted octanol–water partition coefficient (Wildman–Crippen LogP) is 4.74. The van der Waals surface area contributed by atoms with E-state index in [0.717, 1.165) is 11.1 Å². The van der Waals surface area contributed by atoms with Crippen LogP contribution in [0.1, 0.15) is 37.8 Å². The van der Waals surface area contributed by atoms with Gasteiger partial charge in [-0.1, -0.05) is 67.6 Å². The second kappa shape index (κ2) is 12.6. The number of benzene rings is 2. The Bertz CT molecular complexity index is 1320. The number of ether oxygens (including phenoxy) is 3.